The normalized spacial score (nSPS) is 16.1. The van der Waals surface area contributed by atoms with E-state index in [-0.39, 0.29) is 18.9 Å². The first-order valence-corrected chi connectivity index (χ1v) is 6.33. The highest BCUT2D eigenvalue weighted by Crippen LogP contribution is 2.32. The van der Waals surface area contributed by atoms with Gasteiger partial charge in [0.1, 0.15) is 5.54 Å². The number of carbonyl (C=O) groups excluding carboxylic acids is 2. The molecule has 2 amide bonds. The van der Waals surface area contributed by atoms with Crippen LogP contribution >= 0.6 is 0 Å². The van der Waals surface area contributed by atoms with E-state index in [1.165, 1.54) is 11.9 Å². The number of aliphatic carboxylic acids is 1. The highest BCUT2D eigenvalue weighted by atomic mass is 16.5. The Balaban J connectivity index is 2.40. The van der Waals surface area contributed by atoms with Crippen molar-refractivity contribution < 1.29 is 24.2 Å². The van der Waals surface area contributed by atoms with Gasteiger partial charge in [-0.25, -0.2) is 9.59 Å². The largest absolute Gasteiger partial charge is 0.480 e. The number of amides is 2. The number of esters is 1. The van der Waals surface area contributed by atoms with Crippen molar-refractivity contribution in [3.63, 3.8) is 0 Å². The maximum atomic E-state index is 11.8. The van der Waals surface area contributed by atoms with Crippen molar-refractivity contribution in [1.82, 2.24) is 10.2 Å². The number of nitrogens with one attached hydrogen (secondary N) is 1. The molecule has 0 atom stereocenters. The number of rotatable bonds is 6. The number of nitrogens with zero attached hydrogens (tertiary/aromatic N) is 1. The molecule has 0 saturated heterocycles. The van der Waals surface area contributed by atoms with E-state index in [2.05, 4.69) is 5.32 Å². The van der Waals surface area contributed by atoms with Gasteiger partial charge in [0.05, 0.1) is 13.0 Å². The third-order valence-corrected chi connectivity index (χ3v) is 3.27. The Labute approximate surface area is 111 Å². The summed E-state index contributed by atoms with van der Waals surface area (Å²) in [4.78, 5) is 35.4. The van der Waals surface area contributed by atoms with Crippen LogP contribution in [0.3, 0.4) is 0 Å². The Hall–Kier alpha value is -1.79. The molecule has 1 fully saturated rings. The average molecular weight is 272 g/mol. The van der Waals surface area contributed by atoms with Gasteiger partial charge in [-0.15, -0.1) is 0 Å². The van der Waals surface area contributed by atoms with Crippen LogP contribution in [0.4, 0.5) is 4.79 Å². The molecule has 0 radical (unpaired) electrons. The van der Waals surface area contributed by atoms with Crippen molar-refractivity contribution in [2.24, 2.45) is 0 Å². The van der Waals surface area contributed by atoms with Crippen molar-refractivity contribution in [2.75, 3.05) is 20.2 Å². The maximum absolute atomic E-state index is 11.8. The van der Waals surface area contributed by atoms with Crippen LogP contribution in [0.1, 0.15) is 32.6 Å². The van der Waals surface area contributed by atoms with Gasteiger partial charge in [0, 0.05) is 13.6 Å². The van der Waals surface area contributed by atoms with Gasteiger partial charge >= 0.3 is 18.0 Å². The first kappa shape index (κ1) is 15.3. The number of carboxylic acids is 1. The molecule has 1 aliphatic rings. The fourth-order valence-electron chi connectivity index (χ4n) is 1.82. The number of urea groups is 1. The molecule has 19 heavy (non-hydrogen) atoms. The lowest BCUT2D eigenvalue weighted by Gasteiger charge is -2.39. The minimum absolute atomic E-state index is 0.0951. The minimum atomic E-state index is -1.13. The molecule has 0 heterocycles. The monoisotopic (exact) mass is 272 g/mol. The van der Waals surface area contributed by atoms with Crippen LogP contribution in [0.15, 0.2) is 0 Å². The van der Waals surface area contributed by atoms with Gasteiger partial charge < -0.3 is 20.1 Å². The number of hydrogen-bond acceptors (Lipinski definition) is 4. The molecule has 0 aromatic rings. The Morgan fingerprint density at radius 3 is 2.42 bits per heavy atom. The van der Waals surface area contributed by atoms with Gasteiger partial charge in [-0.05, 0) is 26.2 Å². The van der Waals surface area contributed by atoms with Crippen LogP contribution < -0.4 is 5.32 Å². The van der Waals surface area contributed by atoms with Gasteiger partial charge in [0.15, 0.2) is 0 Å². The van der Waals surface area contributed by atoms with E-state index in [0.29, 0.717) is 19.4 Å². The molecule has 0 aliphatic heterocycles. The molecule has 7 nitrogen and oxygen atoms in total. The zero-order valence-corrected chi connectivity index (χ0v) is 11.3. The summed E-state index contributed by atoms with van der Waals surface area (Å²) in [5.74, 6) is -1.38. The summed E-state index contributed by atoms with van der Waals surface area (Å²) in [6.07, 6.45) is 1.77. The summed E-state index contributed by atoms with van der Waals surface area (Å²) in [5.41, 5.74) is -1.13. The second-order valence-corrected chi connectivity index (χ2v) is 4.65. The molecule has 0 unspecified atom stereocenters. The number of hydrogen-bond donors (Lipinski definition) is 2. The van der Waals surface area contributed by atoms with Gasteiger partial charge in [-0.3, -0.25) is 4.79 Å². The lowest BCUT2D eigenvalue weighted by atomic mass is 9.77. The first-order valence-electron chi connectivity index (χ1n) is 6.33. The van der Waals surface area contributed by atoms with E-state index in [1.54, 1.807) is 6.92 Å². The SMILES string of the molecule is CCOC(=O)CCN(C)C(=O)NC1(C(=O)O)CCC1. The van der Waals surface area contributed by atoms with Crippen molar-refractivity contribution in [2.45, 2.75) is 38.1 Å². The second kappa shape index (κ2) is 6.40. The Bertz CT molecular complexity index is 365. The van der Waals surface area contributed by atoms with E-state index in [4.69, 9.17) is 9.84 Å². The maximum Gasteiger partial charge on any atom is 0.329 e. The van der Waals surface area contributed by atoms with Crippen molar-refractivity contribution in [1.29, 1.82) is 0 Å². The topological polar surface area (TPSA) is 95.9 Å². The van der Waals surface area contributed by atoms with Crippen LogP contribution in [0.2, 0.25) is 0 Å². The van der Waals surface area contributed by atoms with Gasteiger partial charge in [0.2, 0.25) is 0 Å². The highest BCUT2D eigenvalue weighted by molar-refractivity contribution is 5.87. The average Bonchev–Trinajstić information content (AvgIpc) is 2.30. The van der Waals surface area contributed by atoms with Crippen LogP contribution in [-0.4, -0.2) is 53.7 Å². The van der Waals surface area contributed by atoms with Gasteiger partial charge in [-0.2, -0.15) is 0 Å². The summed E-state index contributed by atoms with van der Waals surface area (Å²) >= 11 is 0. The van der Waals surface area contributed by atoms with E-state index < -0.39 is 17.5 Å². The molecule has 0 aromatic carbocycles. The van der Waals surface area contributed by atoms with Crippen LogP contribution in [-0.2, 0) is 14.3 Å². The number of carboxylic acid groups (broad SMARTS) is 1. The molecular weight excluding hydrogens is 252 g/mol. The Kier molecular flexibility index (Phi) is 5.14. The number of carbonyl (C=O) groups is 3. The lowest BCUT2D eigenvalue weighted by molar-refractivity contribution is -0.148. The second-order valence-electron chi connectivity index (χ2n) is 4.65. The molecule has 7 heteroatoms. The molecule has 1 aliphatic carbocycles. The zero-order valence-electron chi connectivity index (χ0n) is 11.3. The van der Waals surface area contributed by atoms with E-state index in [0.717, 1.165) is 6.42 Å². The fraction of sp³-hybridized carbons (Fsp3) is 0.750. The quantitative estimate of drug-likeness (QED) is 0.690. The van der Waals surface area contributed by atoms with Gasteiger partial charge in [-0.1, -0.05) is 0 Å². The molecule has 1 rings (SSSR count). The van der Waals surface area contributed by atoms with Crippen LogP contribution in [0.5, 0.6) is 0 Å². The molecule has 0 aromatic heterocycles. The summed E-state index contributed by atoms with van der Waals surface area (Å²) in [7, 11) is 1.52. The Morgan fingerprint density at radius 2 is 2.00 bits per heavy atom. The Morgan fingerprint density at radius 1 is 1.37 bits per heavy atom. The van der Waals surface area contributed by atoms with Gasteiger partial charge in [0.25, 0.3) is 0 Å². The fourth-order valence-corrected chi connectivity index (χ4v) is 1.82. The third kappa shape index (κ3) is 3.84. The summed E-state index contributed by atoms with van der Waals surface area (Å²) in [5, 5.41) is 11.6. The molecule has 1 saturated carbocycles. The zero-order chi connectivity index (χ0) is 14.5. The van der Waals surface area contributed by atoms with Crippen LogP contribution in [0.25, 0.3) is 0 Å². The smallest absolute Gasteiger partial charge is 0.329 e. The first-order chi connectivity index (χ1) is 8.91. The molecule has 0 bridgehead atoms. The predicted molar refractivity (Wildman–Crippen MR) is 66.6 cm³/mol. The summed E-state index contributed by atoms with van der Waals surface area (Å²) < 4.78 is 4.75. The standard InChI is InChI=1S/C12H20N2O5/c1-3-19-9(15)5-8-14(2)11(18)13-12(10(16)17)6-4-7-12/h3-8H2,1-2H3,(H,13,18)(H,16,17). The van der Waals surface area contributed by atoms with E-state index >= 15 is 0 Å². The molecular formula is C12H20N2O5. The molecule has 108 valence electrons. The van der Waals surface area contributed by atoms with Crippen molar-refractivity contribution in [3.05, 3.63) is 0 Å². The predicted octanol–water partition coefficient (Wildman–Crippen LogP) is 0.588. The minimum Gasteiger partial charge on any atom is -0.480 e. The van der Waals surface area contributed by atoms with Crippen molar-refractivity contribution in [3.8, 4) is 0 Å². The lowest BCUT2D eigenvalue weighted by Crippen LogP contribution is -2.61. The highest BCUT2D eigenvalue weighted by Gasteiger charge is 2.46. The van der Waals surface area contributed by atoms with Crippen LogP contribution in [0, 0.1) is 0 Å². The summed E-state index contributed by atoms with van der Waals surface area (Å²) in [6.45, 7) is 2.21. The van der Waals surface area contributed by atoms with Crippen molar-refractivity contribution >= 4 is 18.0 Å². The molecule has 0 spiro atoms. The molecule has 2 N–H and O–H groups in total. The van der Waals surface area contributed by atoms with E-state index in [9.17, 15) is 14.4 Å². The summed E-state index contributed by atoms with van der Waals surface area (Å²) in [6, 6.07) is -0.480. The number of ether oxygens (including phenoxy) is 1. The third-order valence-electron chi connectivity index (χ3n) is 3.27. The van der Waals surface area contributed by atoms with E-state index in [1.807, 2.05) is 0 Å².